The molecule has 7 nitrogen and oxygen atoms in total. The number of nitrogens with two attached hydrogens (primary N) is 1. The molecule has 2 bridgehead atoms. The van der Waals surface area contributed by atoms with E-state index < -0.39 is 11.2 Å². The van der Waals surface area contributed by atoms with Crippen molar-refractivity contribution in [3.8, 4) is 0 Å². The van der Waals surface area contributed by atoms with Crippen LogP contribution in [0.1, 0.15) is 39.0 Å². The van der Waals surface area contributed by atoms with Crippen LogP contribution < -0.4 is 22.3 Å². The molecular formula is C14H22N4O3. The SMILES string of the molecule is CCCCn1c(N)c(NC2CC3CCC2O3)c(=O)[nH]c1=O. The molecule has 7 heteroatoms. The Balaban J connectivity index is 1.87. The molecule has 2 aliphatic heterocycles. The monoisotopic (exact) mass is 294 g/mol. The maximum atomic E-state index is 12.0. The molecule has 116 valence electrons. The van der Waals surface area contributed by atoms with Crippen LogP contribution in [0.4, 0.5) is 11.5 Å². The standard InChI is InChI=1S/C14H22N4O3/c1-2-3-6-18-12(15)11(13(19)17-14(18)20)16-9-7-8-4-5-10(9)21-8/h8-10,16H,2-7,15H2,1H3,(H,17,19,20). The van der Waals surface area contributed by atoms with Gasteiger partial charge in [0.25, 0.3) is 5.56 Å². The van der Waals surface area contributed by atoms with Crippen LogP contribution >= 0.6 is 0 Å². The lowest BCUT2D eigenvalue weighted by molar-refractivity contribution is 0.102. The molecule has 21 heavy (non-hydrogen) atoms. The molecule has 2 fully saturated rings. The van der Waals surface area contributed by atoms with Crippen LogP contribution in [0.3, 0.4) is 0 Å². The van der Waals surface area contributed by atoms with Crippen LogP contribution in [-0.2, 0) is 11.3 Å². The topological polar surface area (TPSA) is 102 Å². The molecule has 4 N–H and O–H groups in total. The second kappa shape index (κ2) is 5.55. The fourth-order valence-corrected chi connectivity index (χ4v) is 3.24. The number of unbranched alkanes of at least 4 members (excludes halogenated alkanes) is 1. The average molecular weight is 294 g/mol. The summed E-state index contributed by atoms with van der Waals surface area (Å²) in [6.07, 6.45) is 5.21. The summed E-state index contributed by atoms with van der Waals surface area (Å²) in [4.78, 5) is 26.2. The first-order valence-corrected chi connectivity index (χ1v) is 7.64. The zero-order valence-electron chi connectivity index (χ0n) is 12.2. The molecule has 3 heterocycles. The van der Waals surface area contributed by atoms with Gasteiger partial charge in [-0.3, -0.25) is 14.3 Å². The maximum absolute atomic E-state index is 12.0. The fraction of sp³-hybridized carbons (Fsp3) is 0.714. The van der Waals surface area contributed by atoms with Crippen molar-refractivity contribution in [2.24, 2.45) is 0 Å². The highest BCUT2D eigenvalue weighted by Crippen LogP contribution is 2.36. The third-order valence-electron chi connectivity index (χ3n) is 4.41. The highest BCUT2D eigenvalue weighted by atomic mass is 16.5. The number of nitrogens with zero attached hydrogens (tertiary/aromatic N) is 1. The summed E-state index contributed by atoms with van der Waals surface area (Å²) in [5.74, 6) is 0.222. The van der Waals surface area contributed by atoms with E-state index in [9.17, 15) is 9.59 Å². The van der Waals surface area contributed by atoms with E-state index >= 15 is 0 Å². The van der Waals surface area contributed by atoms with Crippen LogP contribution in [-0.4, -0.2) is 27.8 Å². The first-order chi connectivity index (χ1) is 10.1. The van der Waals surface area contributed by atoms with Crippen molar-refractivity contribution >= 4 is 11.5 Å². The third-order valence-corrected chi connectivity index (χ3v) is 4.41. The minimum Gasteiger partial charge on any atom is -0.383 e. The van der Waals surface area contributed by atoms with Gasteiger partial charge in [-0.2, -0.15) is 0 Å². The largest absolute Gasteiger partial charge is 0.383 e. The number of nitrogens with one attached hydrogen (secondary N) is 2. The van der Waals surface area contributed by atoms with Gasteiger partial charge < -0.3 is 15.8 Å². The fourth-order valence-electron chi connectivity index (χ4n) is 3.24. The Morgan fingerprint density at radius 1 is 1.43 bits per heavy atom. The Labute approximate surface area is 122 Å². The van der Waals surface area contributed by atoms with Crippen molar-refractivity contribution in [2.45, 2.75) is 63.8 Å². The van der Waals surface area contributed by atoms with Crippen LogP contribution in [0.15, 0.2) is 9.59 Å². The van der Waals surface area contributed by atoms with E-state index in [-0.39, 0.29) is 18.0 Å². The molecule has 1 aromatic heterocycles. The number of fused-ring (bicyclic) bond motifs is 2. The predicted octanol–water partition coefficient (Wildman–Crippen LogP) is 0.651. The zero-order chi connectivity index (χ0) is 15.0. The summed E-state index contributed by atoms with van der Waals surface area (Å²) in [5.41, 5.74) is 5.44. The first-order valence-electron chi connectivity index (χ1n) is 7.64. The molecule has 3 rings (SSSR count). The van der Waals surface area contributed by atoms with Crippen molar-refractivity contribution < 1.29 is 4.74 Å². The minimum atomic E-state index is -0.451. The minimum absolute atomic E-state index is 0.101. The predicted molar refractivity (Wildman–Crippen MR) is 80.6 cm³/mol. The van der Waals surface area contributed by atoms with Gasteiger partial charge in [-0.25, -0.2) is 4.79 Å². The van der Waals surface area contributed by atoms with Crippen LogP contribution in [0.2, 0.25) is 0 Å². The third kappa shape index (κ3) is 2.57. The number of rotatable bonds is 5. The van der Waals surface area contributed by atoms with E-state index in [4.69, 9.17) is 10.5 Å². The van der Waals surface area contributed by atoms with Crippen LogP contribution in [0.25, 0.3) is 0 Å². The Morgan fingerprint density at radius 2 is 2.24 bits per heavy atom. The lowest BCUT2D eigenvalue weighted by Crippen LogP contribution is -2.38. The average Bonchev–Trinajstić information content (AvgIpc) is 3.05. The Morgan fingerprint density at radius 3 is 2.86 bits per heavy atom. The van der Waals surface area contributed by atoms with Gasteiger partial charge >= 0.3 is 5.69 Å². The van der Waals surface area contributed by atoms with Crippen molar-refractivity contribution in [1.29, 1.82) is 0 Å². The quantitative estimate of drug-likeness (QED) is 0.740. The molecular weight excluding hydrogens is 272 g/mol. The number of H-pyrrole nitrogens is 1. The smallest absolute Gasteiger partial charge is 0.330 e. The highest BCUT2D eigenvalue weighted by molar-refractivity contribution is 5.61. The van der Waals surface area contributed by atoms with Crippen molar-refractivity contribution in [3.05, 3.63) is 20.8 Å². The molecule has 0 amide bonds. The van der Waals surface area contributed by atoms with E-state index in [0.29, 0.717) is 18.3 Å². The summed E-state index contributed by atoms with van der Waals surface area (Å²) < 4.78 is 7.20. The molecule has 3 unspecified atom stereocenters. The van der Waals surface area contributed by atoms with Gasteiger partial charge in [0.2, 0.25) is 0 Å². The molecule has 2 saturated heterocycles. The normalized spacial score (nSPS) is 27.2. The molecule has 0 spiro atoms. The summed E-state index contributed by atoms with van der Waals surface area (Å²) in [6.45, 7) is 2.55. The van der Waals surface area contributed by atoms with E-state index in [1.54, 1.807) is 0 Å². The lowest BCUT2D eigenvalue weighted by atomic mass is 9.95. The second-order valence-electron chi connectivity index (χ2n) is 5.89. The van der Waals surface area contributed by atoms with Crippen molar-refractivity contribution in [1.82, 2.24) is 9.55 Å². The first kappa shape index (κ1) is 14.2. The Hall–Kier alpha value is -1.76. The highest BCUT2D eigenvalue weighted by Gasteiger charge is 2.41. The van der Waals surface area contributed by atoms with E-state index in [1.807, 2.05) is 6.92 Å². The second-order valence-corrected chi connectivity index (χ2v) is 5.89. The van der Waals surface area contributed by atoms with E-state index in [1.165, 1.54) is 4.57 Å². The molecule has 0 saturated carbocycles. The summed E-state index contributed by atoms with van der Waals surface area (Å²) in [7, 11) is 0. The lowest BCUT2D eigenvalue weighted by Gasteiger charge is -2.22. The number of hydrogen-bond donors (Lipinski definition) is 3. The molecule has 1 aromatic rings. The van der Waals surface area contributed by atoms with Gasteiger partial charge in [0, 0.05) is 6.54 Å². The maximum Gasteiger partial charge on any atom is 0.330 e. The summed E-state index contributed by atoms with van der Waals surface area (Å²) in [6, 6.07) is 0.101. The number of anilines is 2. The number of nitrogen functional groups attached to an aromatic ring is 1. The summed E-state index contributed by atoms with van der Waals surface area (Å²) in [5, 5.41) is 3.20. The Bertz CT molecular complexity index is 636. The van der Waals surface area contributed by atoms with Crippen LogP contribution in [0, 0.1) is 0 Å². The van der Waals surface area contributed by atoms with Gasteiger partial charge in [-0.1, -0.05) is 13.3 Å². The number of ether oxygens (including phenoxy) is 1. The molecule has 0 radical (unpaired) electrons. The zero-order valence-corrected chi connectivity index (χ0v) is 12.2. The number of aromatic nitrogens is 2. The van der Waals surface area contributed by atoms with Crippen molar-refractivity contribution in [3.63, 3.8) is 0 Å². The molecule has 3 atom stereocenters. The Kier molecular flexibility index (Phi) is 3.75. The van der Waals surface area contributed by atoms with Gasteiger partial charge in [-0.05, 0) is 25.7 Å². The van der Waals surface area contributed by atoms with E-state index in [2.05, 4.69) is 10.3 Å². The molecule has 2 aliphatic rings. The molecule has 0 aromatic carbocycles. The van der Waals surface area contributed by atoms with Gasteiger partial charge in [0.1, 0.15) is 11.5 Å². The van der Waals surface area contributed by atoms with Crippen molar-refractivity contribution in [2.75, 3.05) is 11.1 Å². The van der Waals surface area contributed by atoms with Crippen LogP contribution in [0.5, 0.6) is 0 Å². The molecule has 0 aliphatic carbocycles. The van der Waals surface area contributed by atoms with Gasteiger partial charge in [0.05, 0.1) is 18.2 Å². The summed E-state index contributed by atoms with van der Waals surface area (Å²) >= 11 is 0. The number of aromatic amines is 1. The van der Waals surface area contributed by atoms with E-state index in [0.717, 1.165) is 32.1 Å². The number of hydrogen-bond acceptors (Lipinski definition) is 5. The van der Waals surface area contributed by atoms with Gasteiger partial charge in [-0.15, -0.1) is 0 Å². The van der Waals surface area contributed by atoms with Gasteiger partial charge in [0.15, 0.2) is 0 Å².